The predicted octanol–water partition coefficient (Wildman–Crippen LogP) is 3.75. The van der Waals surface area contributed by atoms with Gasteiger partial charge in [-0.2, -0.15) is 0 Å². The number of thiazole rings is 1. The number of benzene rings is 1. The molecule has 1 saturated carbocycles. The summed E-state index contributed by atoms with van der Waals surface area (Å²) >= 11 is 1.83. The summed E-state index contributed by atoms with van der Waals surface area (Å²) in [4.78, 5) is 4.75. The molecule has 0 spiro atoms. The molecule has 1 aromatic heterocycles. The van der Waals surface area contributed by atoms with Crippen LogP contribution in [0.25, 0.3) is 10.2 Å². The molecular weight excluding hydrogens is 228 g/mol. The van der Waals surface area contributed by atoms with Gasteiger partial charge in [0, 0.05) is 0 Å². The second-order valence-electron chi connectivity index (χ2n) is 4.89. The van der Waals surface area contributed by atoms with Gasteiger partial charge in [-0.3, -0.25) is 0 Å². The highest BCUT2D eigenvalue weighted by Crippen LogP contribution is 2.36. The van der Waals surface area contributed by atoms with Crippen LogP contribution in [0, 0.1) is 5.92 Å². The number of nitrogens with one attached hydrogen (secondary N) is 1. The zero-order valence-corrected chi connectivity index (χ0v) is 11.0. The van der Waals surface area contributed by atoms with Crippen molar-refractivity contribution in [3.8, 4) is 0 Å². The van der Waals surface area contributed by atoms with Crippen LogP contribution in [0.15, 0.2) is 24.3 Å². The number of rotatable bonds is 4. The molecule has 2 aromatic rings. The fourth-order valence-corrected chi connectivity index (χ4v) is 3.53. The summed E-state index contributed by atoms with van der Waals surface area (Å²) in [6, 6.07) is 8.85. The Labute approximate surface area is 106 Å². The average Bonchev–Trinajstić information content (AvgIpc) is 2.71. The summed E-state index contributed by atoms with van der Waals surface area (Å²) in [5, 5.41) is 4.68. The number of nitrogens with zero attached hydrogens (tertiary/aromatic N) is 1. The highest BCUT2D eigenvalue weighted by atomic mass is 32.1. The van der Waals surface area contributed by atoms with Gasteiger partial charge in [-0.15, -0.1) is 11.3 Å². The molecule has 17 heavy (non-hydrogen) atoms. The van der Waals surface area contributed by atoms with Gasteiger partial charge in [-0.25, -0.2) is 4.98 Å². The molecule has 1 atom stereocenters. The van der Waals surface area contributed by atoms with Crippen molar-refractivity contribution < 1.29 is 0 Å². The van der Waals surface area contributed by atoms with Crippen LogP contribution in [0.1, 0.15) is 36.7 Å². The maximum atomic E-state index is 4.75. The molecule has 0 aliphatic heterocycles. The van der Waals surface area contributed by atoms with E-state index in [9.17, 15) is 0 Å². The lowest BCUT2D eigenvalue weighted by molar-refractivity contribution is 0.265. The fraction of sp³-hybridized carbons (Fsp3) is 0.500. The van der Waals surface area contributed by atoms with E-state index in [4.69, 9.17) is 4.98 Å². The van der Waals surface area contributed by atoms with Gasteiger partial charge in [0.2, 0.25) is 0 Å². The maximum Gasteiger partial charge on any atom is 0.111 e. The lowest BCUT2D eigenvalue weighted by Gasteiger charge is -2.28. The minimum absolute atomic E-state index is 0.442. The van der Waals surface area contributed by atoms with Crippen molar-refractivity contribution in [2.75, 3.05) is 7.05 Å². The van der Waals surface area contributed by atoms with Gasteiger partial charge in [0.1, 0.15) is 5.01 Å². The quantitative estimate of drug-likeness (QED) is 0.888. The lowest BCUT2D eigenvalue weighted by atomic mass is 9.81. The predicted molar refractivity (Wildman–Crippen MR) is 73.4 cm³/mol. The molecule has 1 N–H and O–H groups in total. The Morgan fingerprint density at radius 1 is 1.41 bits per heavy atom. The van der Waals surface area contributed by atoms with E-state index in [-0.39, 0.29) is 0 Å². The monoisotopic (exact) mass is 246 g/mol. The first kappa shape index (κ1) is 11.2. The molecule has 3 rings (SSSR count). The first-order chi connectivity index (χ1) is 8.36. The Morgan fingerprint density at radius 3 is 2.88 bits per heavy atom. The van der Waals surface area contributed by atoms with Gasteiger partial charge in [0.15, 0.2) is 0 Å². The Balaban J connectivity index is 1.84. The molecule has 1 heterocycles. The lowest BCUT2D eigenvalue weighted by Crippen LogP contribution is -2.23. The van der Waals surface area contributed by atoms with E-state index >= 15 is 0 Å². The largest absolute Gasteiger partial charge is 0.311 e. The SMILES string of the molecule is CNC(CC1CCC1)c1nc2ccccc2s1. The molecule has 1 aliphatic carbocycles. The molecule has 3 heteroatoms. The van der Waals surface area contributed by atoms with Crippen molar-refractivity contribution in [2.45, 2.75) is 31.7 Å². The third-order valence-corrected chi connectivity index (χ3v) is 4.90. The summed E-state index contributed by atoms with van der Waals surface area (Å²) in [6.45, 7) is 0. The van der Waals surface area contributed by atoms with Gasteiger partial charge in [-0.05, 0) is 31.5 Å². The van der Waals surface area contributed by atoms with Crippen molar-refractivity contribution in [2.24, 2.45) is 5.92 Å². The smallest absolute Gasteiger partial charge is 0.111 e. The zero-order chi connectivity index (χ0) is 11.7. The van der Waals surface area contributed by atoms with E-state index in [1.165, 1.54) is 35.4 Å². The average molecular weight is 246 g/mol. The fourth-order valence-electron chi connectivity index (χ4n) is 2.44. The normalized spacial score (nSPS) is 18.2. The number of fused-ring (bicyclic) bond motifs is 1. The molecule has 0 bridgehead atoms. The van der Waals surface area contributed by atoms with Gasteiger partial charge < -0.3 is 5.32 Å². The van der Waals surface area contributed by atoms with E-state index in [0.717, 1.165) is 11.4 Å². The van der Waals surface area contributed by atoms with Crippen molar-refractivity contribution in [1.29, 1.82) is 0 Å². The topological polar surface area (TPSA) is 24.9 Å². The molecule has 1 aliphatic rings. The van der Waals surface area contributed by atoms with Crippen molar-refractivity contribution in [3.05, 3.63) is 29.3 Å². The van der Waals surface area contributed by atoms with Crippen LogP contribution in [0.5, 0.6) is 0 Å². The van der Waals surface area contributed by atoms with Crippen LogP contribution in [0.2, 0.25) is 0 Å². The molecule has 0 radical (unpaired) electrons. The summed E-state index contributed by atoms with van der Waals surface area (Å²) < 4.78 is 1.30. The van der Waals surface area contributed by atoms with Gasteiger partial charge in [-0.1, -0.05) is 31.4 Å². The third-order valence-electron chi connectivity index (χ3n) is 3.75. The molecule has 1 fully saturated rings. The van der Waals surface area contributed by atoms with Crippen molar-refractivity contribution >= 4 is 21.6 Å². The first-order valence-electron chi connectivity index (χ1n) is 6.39. The number of aromatic nitrogens is 1. The standard InChI is InChI=1S/C14H18N2S/c1-15-12(9-10-5-4-6-10)14-16-11-7-2-3-8-13(11)17-14/h2-3,7-8,10,12,15H,4-6,9H2,1H3. The van der Waals surface area contributed by atoms with Crippen LogP contribution in [0.3, 0.4) is 0 Å². The number of para-hydroxylation sites is 1. The summed E-state index contributed by atoms with van der Waals surface area (Å²) in [5.74, 6) is 0.916. The van der Waals surface area contributed by atoms with Crippen LogP contribution < -0.4 is 5.32 Å². The van der Waals surface area contributed by atoms with E-state index < -0.39 is 0 Å². The molecular formula is C14H18N2S. The van der Waals surface area contributed by atoms with Gasteiger partial charge in [0.05, 0.1) is 16.3 Å². The zero-order valence-electron chi connectivity index (χ0n) is 10.1. The Bertz CT molecular complexity index is 469. The molecule has 90 valence electrons. The Hall–Kier alpha value is -0.930. The second kappa shape index (κ2) is 4.75. The number of hydrogen-bond acceptors (Lipinski definition) is 3. The Morgan fingerprint density at radius 2 is 2.24 bits per heavy atom. The molecule has 0 saturated heterocycles. The molecule has 0 amide bonds. The summed E-state index contributed by atoms with van der Waals surface area (Å²) in [7, 11) is 2.05. The molecule has 1 unspecified atom stereocenters. The minimum atomic E-state index is 0.442. The highest BCUT2D eigenvalue weighted by molar-refractivity contribution is 7.18. The summed E-state index contributed by atoms with van der Waals surface area (Å²) in [6.07, 6.45) is 5.48. The summed E-state index contributed by atoms with van der Waals surface area (Å²) in [5.41, 5.74) is 1.14. The van der Waals surface area contributed by atoms with Crippen LogP contribution in [-0.2, 0) is 0 Å². The molecule has 2 nitrogen and oxygen atoms in total. The van der Waals surface area contributed by atoms with E-state index in [1.807, 2.05) is 11.3 Å². The van der Waals surface area contributed by atoms with E-state index in [1.54, 1.807) is 0 Å². The highest BCUT2D eigenvalue weighted by Gasteiger charge is 2.24. The van der Waals surface area contributed by atoms with E-state index in [2.05, 4.69) is 36.6 Å². The number of hydrogen-bond donors (Lipinski definition) is 1. The van der Waals surface area contributed by atoms with Crippen LogP contribution in [-0.4, -0.2) is 12.0 Å². The van der Waals surface area contributed by atoms with Crippen LogP contribution >= 0.6 is 11.3 Å². The minimum Gasteiger partial charge on any atom is -0.311 e. The van der Waals surface area contributed by atoms with Crippen molar-refractivity contribution in [1.82, 2.24) is 10.3 Å². The van der Waals surface area contributed by atoms with Gasteiger partial charge >= 0.3 is 0 Å². The van der Waals surface area contributed by atoms with E-state index in [0.29, 0.717) is 6.04 Å². The van der Waals surface area contributed by atoms with Gasteiger partial charge in [0.25, 0.3) is 0 Å². The van der Waals surface area contributed by atoms with Crippen LogP contribution in [0.4, 0.5) is 0 Å². The third kappa shape index (κ3) is 2.22. The Kier molecular flexibility index (Phi) is 3.12. The van der Waals surface area contributed by atoms with Crippen molar-refractivity contribution in [3.63, 3.8) is 0 Å². The first-order valence-corrected chi connectivity index (χ1v) is 7.21. The molecule has 1 aromatic carbocycles. The maximum absolute atomic E-state index is 4.75. The second-order valence-corrected chi connectivity index (χ2v) is 5.96.